The van der Waals surface area contributed by atoms with Gasteiger partial charge in [0.05, 0.1) is 0 Å². The first-order valence-electron chi connectivity index (χ1n) is 4.48. The van der Waals surface area contributed by atoms with Crippen LogP contribution in [-0.4, -0.2) is 0 Å². The van der Waals surface area contributed by atoms with Crippen LogP contribution in [0.2, 0.25) is 0 Å². The summed E-state index contributed by atoms with van der Waals surface area (Å²) in [6, 6.07) is 19.3. The number of hydrogen-bond acceptors (Lipinski definition) is 0. The maximum absolute atomic E-state index is 2.24. The third-order valence-corrected chi connectivity index (χ3v) is 2.52. The number of benzene rings is 2. The Morgan fingerprint density at radius 2 is 1.00 bits per heavy atom. The van der Waals surface area contributed by atoms with Gasteiger partial charge in [0.1, 0.15) is 0 Å². The van der Waals surface area contributed by atoms with Crippen LogP contribution >= 0.6 is 24.8 Å². The van der Waals surface area contributed by atoms with Gasteiger partial charge in [0.2, 0.25) is 0 Å². The van der Waals surface area contributed by atoms with Gasteiger partial charge in [0.25, 0.3) is 0 Å². The molecule has 0 fully saturated rings. The predicted octanol–water partition coefficient (Wildman–Crippen LogP) is 4.55. The standard InChI is InChI=1S/C13H9.2ClH.Hf/c1-3-7-12-10(5-1)9-11-6-2-4-8-13(11)12;;;/h1-9H;2*1H;/q-1;;;. The number of halogens is 2. The number of hydrogen-bond donors (Lipinski definition) is 0. The van der Waals surface area contributed by atoms with Gasteiger partial charge in [-0.2, -0.15) is 0 Å². The molecule has 82 valence electrons. The van der Waals surface area contributed by atoms with Crippen molar-refractivity contribution in [3.8, 4) is 0 Å². The van der Waals surface area contributed by atoms with Gasteiger partial charge in [0.15, 0.2) is 0 Å². The summed E-state index contributed by atoms with van der Waals surface area (Å²) < 4.78 is 0. The monoisotopic (exact) mass is 417 g/mol. The van der Waals surface area contributed by atoms with Crippen molar-refractivity contribution < 1.29 is 25.8 Å². The fourth-order valence-corrected chi connectivity index (χ4v) is 1.90. The van der Waals surface area contributed by atoms with Crippen LogP contribution in [0, 0.1) is 0 Å². The molecule has 0 spiro atoms. The maximum atomic E-state index is 2.24. The summed E-state index contributed by atoms with van der Waals surface area (Å²) >= 11 is 0. The average molecular weight is 417 g/mol. The van der Waals surface area contributed by atoms with Crippen molar-refractivity contribution in [2.75, 3.05) is 0 Å². The Labute approximate surface area is 126 Å². The van der Waals surface area contributed by atoms with Crippen molar-refractivity contribution in [3.63, 3.8) is 0 Å². The van der Waals surface area contributed by atoms with Crippen molar-refractivity contribution >= 4 is 46.4 Å². The van der Waals surface area contributed by atoms with E-state index in [4.69, 9.17) is 0 Å². The fourth-order valence-electron chi connectivity index (χ4n) is 1.90. The summed E-state index contributed by atoms with van der Waals surface area (Å²) in [5.41, 5.74) is 0. The second-order valence-corrected chi connectivity index (χ2v) is 3.32. The molecule has 3 aromatic carbocycles. The molecule has 0 aliphatic carbocycles. The quantitative estimate of drug-likeness (QED) is 0.372. The van der Waals surface area contributed by atoms with E-state index in [1.54, 1.807) is 0 Å². The Morgan fingerprint density at radius 1 is 0.625 bits per heavy atom. The molecule has 0 aromatic heterocycles. The van der Waals surface area contributed by atoms with Gasteiger partial charge in [0, 0.05) is 25.8 Å². The summed E-state index contributed by atoms with van der Waals surface area (Å²) in [4.78, 5) is 0. The second-order valence-electron chi connectivity index (χ2n) is 3.32. The molecule has 0 heterocycles. The van der Waals surface area contributed by atoms with Gasteiger partial charge in [-0.3, -0.25) is 0 Å². The van der Waals surface area contributed by atoms with Crippen molar-refractivity contribution in [1.82, 2.24) is 0 Å². The van der Waals surface area contributed by atoms with Gasteiger partial charge in [-0.05, 0) is 0 Å². The van der Waals surface area contributed by atoms with Crippen LogP contribution < -0.4 is 0 Å². The van der Waals surface area contributed by atoms with E-state index in [1.807, 2.05) is 0 Å². The smallest absolute Gasteiger partial charge is 0 e. The zero-order valence-electron chi connectivity index (χ0n) is 8.51. The minimum atomic E-state index is 0. The van der Waals surface area contributed by atoms with E-state index in [0.717, 1.165) is 0 Å². The molecule has 0 saturated heterocycles. The third kappa shape index (κ3) is 2.53. The Bertz CT molecular complexity index is 522. The molecule has 3 rings (SSSR count). The first kappa shape index (κ1) is 15.8. The summed E-state index contributed by atoms with van der Waals surface area (Å²) in [7, 11) is 0. The third-order valence-electron chi connectivity index (χ3n) is 2.52. The second kappa shape index (κ2) is 6.48. The summed E-state index contributed by atoms with van der Waals surface area (Å²) in [5, 5.41) is 5.39. The molecule has 3 heteroatoms. The molecule has 0 atom stereocenters. The molecule has 0 aliphatic rings. The normalized spacial score (nSPS) is 9.00. The van der Waals surface area contributed by atoms with Crippen LogP contribution in [-0.2, 0) is 25.8 Å². The SMILES string of the molecule is Cl.Cl.[Hf].c1ccc2c(c1)[cH-]c1ccccc12. The van der Waals surface area contributed by atoms with Crippen LogP contribution in [0.4, 0.5) is 0 Å². The van der Waals surface area contributed by atoms with Crippen molar-refractivity contribution in [1.29, 1.82) is 0 Å². The summed E-state index contributed by atoms with van der Waals surface area (Å²) in [5.74, 6) is 0. The Kier molecular flexibility index (Phi) is 6.39. The number of fused-ring (bicyclic) bond motifs is 3. The van der Waals surface area contributed by atoms with Crippen LogP contribution in [0.15, 0.2) is 54.6 Å². The topological polar surface area (TPSA) is 0 Å². The molecule has 3 aromatic rings. The van der Waals surface area contributed by atoms with Crippen LogP contribution in [0.3, 0.4) is 0 Å². The van der Waals surface area contributed by atoms with Crippen molar-refractivity contribution in [2.45, 2.75) is 0 Å². The minimum absolute atomic E-state index is 0. The minimum Gasteiger partial charge on any atom is -0.147 e. The number of rotatable bonds is 0. The Morgan fingerprint density at radius 3 is 1.44 bits per heavy atom. The van der Waals surface area contributed by atoms with Gasteiger partial charge in [-0.1, -0.05) is 36.4 Å². The van der Waals surface area contributed by atoms with E-state index in [9.17, 15) is 0 Å². The Hall–Kier alpha value is -0.240. The van der Waals surface area contributed by atoms with Crippen molar-refractivity contribution in [3.05, 3.63) is 54.6 Å². The molecule has 0 saturated carbocycles. The molecular formula is C13H11Cl2Hf-. The zero-order valence-corrected chi connectivity index (χ0v) is 13.7. The molecule has 0 radical (unpaired) electrons. The zero-order chi connectivity index (χ0) is 8.67. The largest absolute Gasteiger partial charge is 0.147 e. The maximum Gasteiger partial charge on any atom is 0 e. The molecule has 0 N–H and O–H groups in total. The molecule has 0 amide bonds. The average Bonchev–Trinajstić information content (AvgIpc) is 2.56. The molecule has 16 heavy (non-hydrogen) atoms. The van der Waals surface area contributed by atoms with E-state index < -0.39 is 0 Å². The van der Waals surface area contributed by atoms with E-state index in [0.29, 0.717) is 0 Å². The fraction of sp³-hybridized carbons (Fsp3) is 0. The van der Waals surface area contributed by atoms with E-state index in [-0.39, 0.29) is 50.7 Å². The van der Waals surface area contributed by atoms with E-state index in [1.165, 1.54) is 21.5 Å². The van der Waals surface area contributed by atoms with Gasteiger partial charge in [-0.25, -0.2) is 0 Å². The van der Waals surface area contributed by atoms with Gasteiger partial charge < -0.3 is 0 Å². The van der Waals surface area contributed by atoms with Gasteiger partial charge in [-0.15, -0.1) is 64.6 Å². The first-order valence-corrected chi connectivity index (χ1v) is 4.48. The van der Waals surface area contributed by atoms with Crippen molar-refractivity contribution in [2.24, 2.45) is 0 Å². The first-order chi connectivity index (χ1) is 6.45. The van der Waals surface area contributed by atoms with Crippen LogP contribution in [0.5, 0.6) is 0 Å². The van der Waals surface area contributed by atoms with Gasteiger partial charge >= 0.3 is 0 Å². The summed E-state index contributed by atoms with van der Waals surface area (Å²) in [6.07, 6.45) is 0. The van der Waals surface area contributed by atoms with Crippen LogP contribution in [0.25, 0.3) is 21.5 Å². The predicted molar refractivity (Wildman–Crippen MR) is 71.5 cm³/mol. The molecular weight excluding hydrogens is 406 g/mol. The molecule has 0 bridgehead atoms. The summed E-state index contributed by atoms with van der Waals surface area (Å²) in [6.45, 7) is 0. The Balaban J connectivity index is 0.000000750. The van der Waals surface area contributed by atoms with E-state index in [2.05, 4.69) is 54.6 Å². The van der Waals surface area contributed by atoms with E-state index >= 15 is 0 Å². The molecule has 0 aliphatic heterocycles. The van der Waals surface area contributed by atoms with Crippen LogP contribution in [0.1, 0.15) is 0 Å². The molecule has 0 unspecified atom stereocenters. The molecule has 0 nitrogen and oxygen atoms in total.